The van der Waals surface area contributed by atoms with Crippen LogP contribution in [0.2, 0.25) is 0 Å². The molecule has 0 bridgehead atoms. The second-order valence-electron chi connectivity index (χ2n) is 2.52. The van der Waals surface area contributed by atoms with E-state index in [0.717, 1.165) is 11.2 Å². The lowest BCUT2D eigenvalue weighted by molar-refractivity contribution is 0.677. The van der Waals surface area contributed by atoms with E-state index >= 15 is 0 Å². The summed E-state index contributed by atoms with van der Waals surface area (Å²) in [7, 11) is 0. The lowest BCUT2D eigenvalue weighted by atomic mass is 10.1. The molecule has 11 heavy (non-hydrogen) atoms. The third kappa shape index (κ3) is 10.5. The van der Waals surface area contributed by atoms with E-state index < -0.39 is 0 Å². The molecule has 2 heteroatoms. The molecule has 0 atom stereocenters. The first-order chi connectivity index (χ1) is 5.41. The summed E-state index contributed by atoms with van der Waals surface area (Å²) < 4.78 is 0. The number of halogens is 2. The van der Waals surface area contributed by atoms with Crippen LogP contribution in [-0.2, 0) is 0 Å². The maximum Gasteiger partial charge on any atom is 0.0223 e. The summed E-state index contributed by atoms with van der Waals surface area (Å²) in [6.07, 6.45) is 10.7. The number of alkyl halides is 2. The van der Waals surface area contributed by atoms with Gasteiger partial charge in [-0.1, -0.05) is 40.9 Å². The zero-order chi connectivity index (χ0) is 8.36. The third-order valence-corrected chi connectivity index (χ3v) is 2.15. The molecule has 0 aliphatic heterocycles. The molecular weight excluding hydrogens is 223 g/mol. The predicted octanol–water partition coefficient (Wildman–Crippen LogP) is 4.13. The third-order valence-electron chi connectivity index (χ3n) is 1.51. The standard InChI is InChI=1S/C9H16BrCl/c10-8-6-4-2-1-3-5-7-9-11/h4,6H,1-3,5,7-9H2. The smallest absolute Gasteiger partial charge is 0.0223 e. The summed E-state index contributed by atoms with van der Waals surface area (Å²) in [5.74, 6) is 0.817. The van der Waals surface area contributed by atoms with Crippen LogP contribution in [0.4, 0.5) is 0 Å². The zero-order valence-corrected chi connectivity index (χ0v) is 9.20. The number of hydrogen-bond acceptors (Lipinski definition) is 0. The van der Waals surface area contributed by atoms with Crippen molar-refractivity contribution in [3.05, 3.63) is 12.2 Å². The maximum atomic E-state index is 5.54. The Morgan fingerprint density at radius 1 is 1.00 bits per heavy atom. The molecular formula is C9H16BrCl. The van der Waals surface area contributed by atoms with Gasteiger partial charge in [-0.2, -0.15) is 0 Å². The molecule has 0 N–H and O–H groups in total. The number of allylic oxidation sites excluding steroid dienone is 2. The highest BCUT2D eigenvalue weighted by atomic mass is 79.9. The summed E-state index contributed by atoms with van der Waals surface area (Å²) in [5.41, 5.74) is 0. The van der Waals surface area contributed by atoms with E-state index in [-0.39, 0.29) is 0 Å². The van der Waals surface area contributed by atoms with E-state index in [1.54, 1.807) is 0 Å². The van der Waals surface area contributed by atoms with E-state index in [0.29, 0.717) is 0 Å². The van der Waals surface area contributed by atoms with Gasteiger partial charge in [0.1, 0.15) is 0 Å². The molecule has 0 nitrogen and oxygen atoms in total. The lowest BCUT2D eigenvalue weighted by Crippen LogP contribution is -1.77. The predicted molar refractivity (Wildman–Crippen MR) is 56.7 cm³/mol. The Bertz CT molecular complexity index is 91.6. The quantitative estimate of drug-likeness (QED) is 0.356. The van der Waals surface area contributed by atoms with Crippen molar-refractivity contribution in [2.75, 3.05) is 11.2 Å². The Morgan fingerprint density at radius 3 is 2.36 bits per heavy atom. The first-order valence-corrected chi connectivity index (χ1v) is 5.84. The average molecular weight is 240 g/mol. The van der Waals surface area contributed by atoms with Crippen molar-refractivity contribution in [2.45, 2.75) is 32.1 Å². The van der Waals surface area contributed by atoms with Crippen LogP contribution in [0, 0.1) is 0 Å². The molecule has 66 valence electrons. The minimum atomic E-state index is 0.817. The first-order valence-electron chi connectivity index (χ1n) is 4.18. The normalized spacial score (nSPS) is 11.1. The van der Waals surface area contributed by atoms with Gasteiger partial charge >= 0.3 is 0 Å². The van der Waals surface area contributed by atoms with Crippen LogP contribution < -0.4 is 0 Å². The van der Waals surface area contributed by atoms with Crippen molar-refractivity contribution in [1.82, 2.24) is 0 Å². The van der Waals surface area contributed by atoms with Crippen molar-refractivity contribution in [2.24, 2.45) is 0 Å². The van der Waals surface area contributed by atoms with E-state index in [2.05, 4.69) is 28.1 Å². The van der Waals surface area contributed by atoms with Gasteiger partial charge < -0.3 is 0 Å². The molecule has 0 aliphatic carbocycles. The second kappa shape index (κ2) is 10.5. The van der Waals surface area contributed by atoms with Crippen LogP contribution in [-0.4, -0.2) is 11.2 Å². The maximum absolute atomic E-state index is 5.54. The fraction of sp³-hybridized carbons (Fsp3) is 0.778. The van der Waals surface area contributed by atoms with Gasteiger partial charge in [0.25, 0.3) is 0 Å². The van der Waals surface area contributed by atoms with Gasteiger partial charge in [-0.25, -0.2) is 0 Å². The van der Waals surface area contributed by atoms with Crippen LogP contribution >= 0.6 is 27.5 Å². The molecule has 0 rings (SSSR count). The minimum Gasteiger partial charge on any atom is -0.127 e. The molecule has 0 spiro atoms. The Kier molecular flexibility index (Phi) is 11.0. The molecule has 0 fully saturated rings. The average Bonchev–Trinajstić information content (AvgIpc) is 2.03. The van der Waals surface area contributed by atoms with E-state index in [4.69, 9.17) is 11.6 Å². The largest absolute Gasteiger partial charge is 0.127 e. The Hall–Kier alpha value is 0.510. The van der Waals surface area contributed by atoms with Crippen LogP contribution in [0.1, 0.15) is 32.1 Å². The van der Waals surface area contributed by atoms with Crippen LogP contribution in [0.25, 0.3) is 0 Å². The van der Waals surface area contributed by atoms with Crippen molar-refractivity contribution in [1.29, 1.82) is 0 Å². The van der Waals surface area contributed by atoms with Gasteiger partial charge in [0.05, 0.1) is 0 Å². The Labute approximate surface area is 83.1 Å². The molecule has 0 aromatic carbocycles. The van der Waals surface area contributed by atoms with Crippen molar-refractivity contribution >= 4 is 27.5 Å². The number of hydrogen-bond donors (Lipinski definition) is 0. The second-order valence-corrected chi connectivity index (χ2v) is 3.54. The molecule has 0 heterocycles. The molecule has 0 saturated carbocycles. The van der Waals surface area contributed by atoms with E-state index in [1.165, 1.54) is 32.1 Å². The lowest BCUT2D eigenvalue weighted by Gasteiger charge is -1.94. The van der Waals surface area contributed by atoms with Gasteiger partial charge in [-0.3, -0.25) is 0 Å². The molecule has 0 saturated heterocycles. The summed E-state index contributed by atoms with van der Waals surface area (Å²) in [6, 6.07) is 0. The van der Waals surface area contributed by atoms with Crippen molar-refractivity contribution < 1.29 is 0 Å². The summed E-state index contributed by atoms with van der Waals surface area (Å²) >= 11 is 8.88. The van der Waals surface area contributed by atoms with Gasteiger partial charge in [0, 0.05) is 11.2 Å². The molecule has 0 aromatic heterocycles. The highest BCUT2D eigenvalue weighted by Gasteiger charge is 1.86. The summed E-state index contributed by atoms with van der Waals surface area (Å²) in [6.45, 7) is 0. The topological polar surface area (TPSA) is 0 Å². The van der Waals surface area contributed by atoms with Crippen LogP contribution in [0.15, 0.2) is 12.2 Å². The highest BCUT2D eigenvalue weighted by molar-refractivity contribution is 9.09. The number of rotatable bonds is 7. The molecule has 0 unspecified atom stereocenters. The first kappa shape index (κ1) is 11.5. The van der Waals surface area contributed by atoms with Crippen molar-refractivity contribution in [3.8, 4) is 0 Å². The molecule has 0 amide bonds. The fourth-order valence-electron chi connectivity index (χ4n) is 0.891. The summed E-state index contributed by atoms with van der Waals surface area (Å²) in [4.78, 5) is 0. The number of unbranched alkanes of at least 4 members (excludes halogenated alkanes) is 4. The Balaban J connectivity index is 2.85. The highest BCUT2D eigenvalue weighted by Crippen LogP contribution is 2.04. The van der Waals surface area contributed by atoms with Crippen LogP contribution in [0.3, 0.4) is 0 Å². The molecule has 0 aliphatic rings. The van der Waals surface area contributed by atoms with Crippen molar-refractivity contribution in [3.63, 3.8) is 0 Å². The fourth-order valence-corrected chi connectivity index (χ4v) is 1.34. The molecule has 0 aromatic rings. The minimum absolute atomic E-state index is 0.817. The van der Waals surface area contributed by atoms with Gasteiger partial charge in [0.15, 0.2) is 0 Å². The van der Waals surface area contributed by atoms with E-state index in [9.17, 15) is 0 Å². The SMILES string of the molecule is ClCCCCCCC=CCBr. The zero-order valence-electron chi connectivity index (χ0n) is 6.86. The van der Waals surface area contributed by atoms with Gasteiger partial charge in [-0.15, -0.1) is 11.6 Å². The van der Waals surface area contributed by atoms with Gasteiger partial charge in [0.2, 0.25) is 0 Å². The molecule has 0 radical (unpaired) electrons. The van der Waals surface area contributed by atoms with Crippen LogP contribution in [0.5, 0.6) is 0 Å². The monoisotopic (exact) mass is 238 g/mol. The Morgan fingerprint density at radius 2 is 1.73 bits per heavy atom. The van der Waals surface area contributed by atoms with Gasteiger partial charge in [-0.05, 0) is 19.3 Å². The summed E-state index contributed by atoms with van der Waals surface area (Å²) in [5, 5.41) is 0.981. The van der Waals surface area contributed by atoms with E-state index in [1.807, 2.05) is 0 Å².